The van der Waals surface area contributed by atoms with Gasteiger partial charge in [0, 0.05) is 71.2 Å². The van der Waals surface area contributed by atoms with Gasteiger partial charge in [-0.1, -0.05) is 48.5 Å². The number of nitrogens with one attached hydrogen (secondary N) is 3. The van der Waals surface area contributed by atoms with Gasteiger partial charge >= 0.3 is 0 Å². The third kappa shape index (κ3) is 4.99. The summed E-state index contributed by atoms with van der Waals surface area (Å²) < 4.78 is 33.0. The first-order chi connectivity index (χ1) is 24.3. The molecule has 1 aliphatic rings. The average Bonchev–Trinajstić information content (AvgIpc) is 3.95. The van der Waals surface area contributed by atoms with Crippen LogP contribution in [0.3, 0.4) is 0 Å². The zero-order valence-corrected chi connectivity index (χ0v) is 27.9. The molecule has 4 aromatic carbocycles. The van der Waals surface area contributed by atoms with E-state index >= 15 is 0 Å². The Morgan fingerprint density at radius 3 is 2.64 bits per heavy atom. The molecule has 3 N–H and O–H groups in total. The van der Waals surface area contributed by atoms with Crippen molar-refractivity contribution < 1.29 is 13.2 Å². The van der Waals surface area contributed by atoms with Crippen molar-refractivity contribution in [2.75, 3.05) is 0 Å². The molecule has 12 heteroatoms. The Labute approximate surface area is 287 Å². The minimum absolute atomic E-state index is 0.0642. The molecule has 0 saturated carbocycles. The normalized spacial score (nSPS) is 14.6. The number of hydrogen-bond donors (Lipinski definition) is 3. The number of H-pyrrole nitrogens is 1. The number of para-hydroxylation sites is 2. The Kier molecular flexibility index (Phi) is 6.97. The van der Waals surface area contributed by atoms with Crippen molar-refractivity contribution in [2.24, 2.45) is 7.05 Å². The second-order valence-electron chi connectivity index (χ2n) is 12.7. The molecule has 4 aromatic heterocycles. The molecule has 0 radical (unpaired) electrons. The van der Waals surface area contributed by atoms with Gasteiger partial charge in [0.25, 0.3) is 15.9 Å². The van der Waals surface area contributed by atoms with Gasteiger partial charge in [0.2, 0.25) is 0 Å². The quantitative estimate of drug-likeness (QED) is 0.182. The van der Waals surface area contributed by atoms with Crippen LogP contribution in [0, 0.1) is 0 Å². The van der Waals surface area contributed by atoms with Gasteiger partial charge in [-0.15, -0.1) is 0 Å². The van der Waals surface area contributed by atoms with E-state index in [2.05, 4.69) is 60.7 Å². The first-order valence-corrected chi connectivity index (χ1v) is 17.8. The van der Waals surface area contributed by atoms with Crippen LogP contribution in [-0.2, 0) is 36.7 Å². The fourth-order valence-electron chi connectivity index (χ4n) is 7.12. The molecule has 1 amide bonds. The number of aromatic amines is 1. The maximum absolute atomic E-state index is 13.9. The van der Waals surface area contributed by atoms with Crippen molar-refractivity contribution in [1.82, 2.24) is 38.9 Å². The van der Waals surface area contributed by atoms with Crippen molar-refractivity contribution in [1.29, 1.82) is 0 Å². The Morgan fingerprint density at radius 1 is 0.900 bits per heavy atom. The number of carbonyl (C=O) groups excluding carboxylic acids is 1. The Balaban J connectivity index is 1.03. The summed E-state index contributed by atoms with van der Waals surface area (Å²) in [5.41, 5.74) is 7.57. The van der Waals surface area contributed by atoms with E-state index in [1.54, 1.807) is 24.3 Å². The fourth-order valence-corrected chi connectivity index (χ4v) is 8.43. The van der Waals surface area contributed by atoms with Gasteiger partial charge in [-0.05, 0) is 59.0 Å². The molecule has 0 aliphatic carbocycles. The van der Waals surface area contributed by atoms with Crippen LogP contribution >= 0.6 is 0 Å². The van der Waals surface area contributed by atoms with E-state index in [4.69, 9.17) is 0 Å². The molecule has 8 aromatic rings. The maximum Gasteiger partial charge on any atom is 0.283 e. The first kappa shape index (κ1) is 30.1. The molecule has 11 nitrogen and oxygen atoms in total. The third-order valence-corrected chi connectivity index (χ3v) is 11.1. The highest BCUT2D eigenvalue weighted by Gasteiger charge is 2.35. The number of aryl methyl sites for hydroxylation is 1. The Hall–Kier alpha value is -5.98. The highest BCUT2D eigenvalue weighted by Crippen LogP contribution is 2.38. The summed E-state index contributed by atoms with van der Waals surface area (Å²) in [5, 5.41) is 13.8. The molecule has 1 atom stereocenters. The van der Waals surface area contributed by atoms with E-state index in [0.717, 1.165) is 48.4 Å². The summed E-state index contributed by atoms with van der Waals surface area (Å²) in [5.74, 6) is -0.246. The van der Waals surface area contributed by atoms with Crippen LogP contribution in [0.15, 0.2) is 121 Å². The molecule has 0 spiro atoms. The molecular formula is C38H32N8O3S. The van der Waals surface area contributed by atoms with Crippen molar-refractivity contribution in [2.45, 2.75) is 30.6 Å². The molecule has 248 valence electrons. The van der Waals surface area contributed by atoms with Crippen LogP contribution in [0.2, 0.25) is 0 Å². The van der Waals surface area contributed by atoms with Gasteiger partial charge in [0.05, 0.1) is 41.2 Å². The monoisotopic (exact) mass is 680 g/mol. The lowest BCUT2D eigenvalue weighted by atomic mass is 9.95. The molecular weight excluding hydrogens is 649 g/mol. The second kappa shape index (κ2) is 11.6. The summed E-state index contributed by atoms with van der Waals surface area (Å²) in [6, 6.07) is 27.9. The van der Waals surface area contributed by atoms with Crippen molar-refractivity contribution >= 4 is 48.6 Å². The summed E-state index contributed by atoms with van der Waals surface area (Å²) in [7, 11) is -2.07. The molecule has 9 rings (SSSR count). The van der Waals surface area contributed by atoms with Crippen LogP contribution < -0.4 is 10.6 Å². The van der Waals surface area contributed by atoms with E-state index in [1.165, 1.54) is 17.6 Å². The van der Waals surface area contributed by atoms with Crippen molar-refractivity contribution in [3.63, 3.8) is 0 Å². The number of carbonyl (C=O) groups is 1. The summed E-state index contributed by atoms with van der Waals surface area (Å²) in [6.45, 7) is 1.80. The number of nitrogens with zero attached hydrogens (tertiary/aromatic N) is 5. The number of rotatable bonds is 9. The van der Waals surface area contributed by atoms with Gasteiger partial charge < -0.3 is 24.8 Å². The molecule has 50 heavy (non-hydrogen) atoms. The van der Waals surface area contributed by atoms with Gasteiger partial charge in [-0.2, -0.15) is 17.6 Å². The minimum Gasteiger partial charge on any atom is -0.357 e. The smallest absolute Gasteiger partial charge is 0.283 e. The van der Waals surface area contributed by atoms with Crippen LogP contribution in [0.4, 0.5) is 0 Å². The van der Waals surface area contributed by atoms with E-state index in [9.17, 15) is 13.2 Å². The summed E-state index contributed by atoms with van der Waals surface area (Å²) >= 11 is 0. The predicted octanol–water partition coefficient (Wildman–Crippen LogP) is 5.61. The van der Waals surface area contributed by atoms with Gasteiger partial charge in [-0.3, -0.25) is 4.79 Å². The van der Waals surface area contributed by atoms with Crippen LogP contribution in [0.25, 0.3) is 32.7 Å². The summed E-state index contributed by atoms with van der Waals surface area (Å²) in [4.78, 5) is 21.4. The van der Waals surface area contributed by atoms with E-state index in [-0.39, 0.29) is 10.8 Å². The molecule has 0 unspecified atom stereocenters. The summed E-state index contributed by atoms with van der Waals surface area (Å²) in [6.07, 6.45) is 7.47. The van der Waals surface area contributed by atoms with Gasteiger partial charge in [0.15, 0.2) is 0 Å². The topological polar surface area (TPSA) is 132 Å². The van der Waals surface area contributed by atoms with E-state index in [0.29, 0.717) is 36.3 Å². The maximum atomic E-state index is 13.9. The number of amides is 1. The van der Waals surface area contributed by atoms with Gasteiger partial charge in [-0.25, -0.2) is 4.98 Å². The average molecular weight is 681 g/mol. The zero-order valence-electron chi connectivity index (χ0n) is 27.0. The van der Waals surface area contributed by atoms with E-state index in [1.807, 2.05) is 60.5 Å². The van der Waals surface area contributed by atoms with Crippen molar-refractivity contribution in [3.8, 4) is 0 Å². The third-order valence-electron chi connectivity index (χ3n) is 9.50. The number of imidazole rings is 1. The van der Waals surface area contributed by atoms with Crippen LogP contribution in [0.1, 0.15) is 44.5 Å². The lowest BCUT2D eigenvalue weighted by Gasteiger charge is -2.16. The molecule has 0 saturated heterocycles. The van der Waals surface area contributed by atoms with Crippen LogP contribution in [0.5, 0.6) is 0 Å². The lowest BCUT2D eigenvalue weighted by Crippen LogP contribution is -2.22. The number of hydrogen-bond acceptors (Lipinski definition) is 6. The number of fused-ring (bicyclic) bond motifs is 4. The first-order valence-electron chi connectivity index (χ1n) is 16.3. The van der Waals surface area contributed by atoms with Crippen LogP contribution in [-0.4, -0.2) is 42.6 Å². The van der Waals surface area contributed by atoms with Gasteiger partial charge in [0.1, 0.15) is 0 Å². The SMILES string of the molecule is Cn1cnc(Cn2ccc3ccc(CNCc4[nH]c5ccccc5c4[C@H]4NC(=O)c5ccc(S(=O)(=O)n6ncc7ccccc76)cc54)cc32)c1. The number of aromatic nitrogens is 6. The Bertz CT molecular complexity index is 2720. The minimum atomic E-state index is -4.04. The van der Waals surface area contributed by atoms with E-state index < -0.39 is 16.1 Å². The highest BCUT2D eigenvalue weighted by atomic mass is 32.2. The molecule has 5 heterocycles. The highest BCUT2D eigenvalue weighted by molar-refractivity contribution is 7.90. The molecule has 0 fully saturated rings. The second-order valence-corrected chi connectivity index (χ2v) is 14.5. The Morgan fingerprint density at radius 2 is 1.76 bits per heavy atom. The molecule has 1 aliphatic heterocycles. The van der Waals surface area contributed by atoms with Crippen molar-refractivity contribution in [3.05, 3.63) is 150 Å². The fraction of sp³-hybridized carbons (Fsp3) is 0.132. The zero-order chi connectivity index (χ0) is 34.0. The standard InChI is InChI=1S/C38H32N8O3S/c1-44-21-27(40-23-44)22-45-15-14-25-11-10-24(16-35(25)45)18-39-20-33-36(30-7-3-4-8-32(30)42-33)37-31-17-28(12-13-29(31)38(47)43-37)50(48,49)46-34-9-5-2-6-26(34)19-41-46/h2-17,19,21,23,37,39,42H,18,20,22H2,1H3,(H,43,47)/t37-/m0/s1. The molecule has 0 bridgehead atoms. The predicted molar refractivity (Wildman–Crippen MR) is 191 cm³/mol. The lowest BCUT2D eigenvalue weighted by molar-refractivity contribution is 0.0960. The largest absolute Gasteiger partial charge is 0.357 e. The number of benzene rings is 4.